The number of methoxy groups -OCH3 is 1. The van der Waals surface area contributed by atoms with E-state index in [4.69, 9.17) is 16.3 Å². The molecule has 0 N–H and O–H groups in total. The number of benzene rings is 2. The van der Waals surface area contributed by atoms with E-state index in [1.54, 1.807) is 47.4 Å². The molecule has 2 aliphatic heterocycles. The molecule has 2 heterocycles. The van der Waals surface area contributed by atoms with Gasteiger partial charge in [0.2, 0.25) is 5.91 Å². The third-order valence-electron chi connectivity index (χ3n) is 6.08. The summed E-state index contributed by atoms with van der Waals surface area (Å²) in [5.41, 5.74) is 1.41. The van der Waals surface area contributed by atoms with Crippen LogP contribution in [-0.4, -0.2) is 78.2 Å². The van der Waals surface area contributed by atoms with Gasteiger partial charge in [0.15, 0.2) is 0 Å². The van der Waals surface area contributed by atoms with Gasteiger partial charge < -0.3 is 9.64 Å². The second kappa shape index (κ2) is 9.72. The second-order valence-electron chi connectivity index (χ2n) is 7.92. The molecule has 33 heavy (non-hydrogen) atoms. The Balaban J connectivity index is 1.35. The van der Waals surface area contributed by atoms with Gasteiger partial charge in [-0.15, -0.1) is 0 Å². The third-order valence-corrected chi connectivity index (χ3v) is 6.43. The van der Waals surface area contributed by atoms with Crippen LogP contribution < -0.4 is 0 Å². The molecule has 2 aromatic rings. The van der Waals surface area contributed by atoms with Crippen molar-refractivity contribution < 1.29 is 23.9 Å². The van der Waals surface area contributed by atoms with Gasteiger partial charge in [0.25, 0.3) is 11.8 Å². The first kappa shape index (κ1) is 22.9. The maximum absolute atomic E-state index is 12.8. The second-order valence-corrected chi connectivity index (χ2v) is 8.33. The molecule has 0 unspecified atom stereocenters. The largest absolute Gasteiger partial charge is 0.468 e. The summed E-state index contributed by atoms with van der Waals surface area (Å²) in [5, 5.41) is 0.479. The lowest BCUT2D eigenvalue weighted by Crippen LogP contribution is -2.51. The van der Waals surface area contributed by atoms with E-state index in [0.29, 0.717) is 47.9 Å². The molecule has 2 aromatic carbocycles. The number of fused-ring (bicyclic) bond motifs is 1. The molecule has 4 rings (SSSR count). The Morgan fingerprint density at radius 1 is 0.939 bits per heavy atom. The number of imide groups is 1. The Morgan fingerprint density at radius 3 is 2.09 bits per heavy atom. The molecule has 8 nitrogen and oxygen atoms in total. The molecular weight excluding hydrogens is 446 g/mol. The number of hydrogen-bond donors (Lipinski definition) is 0. The van der Waals surface area contributed by atoms with Gasteiger partial charge in [0.05, 0.1) is 18.2 Å². The van der Waals surface area contributed by atoms with Crippen LogP contribution >= 0.6 is 11.6 Å². The SMILES string of the molecule is COC(=O)[C@@H](c1ccccc1Cl)N1CCN(C(=O)CCN2C(=O)c3ccccc3C2=O)CC1. The van der Waals surface area contributed by atoms with Crippen LogP contribution in [0, 0.1) is 0 Å². The van der Waals surface area contributed by atoms with E-state index < -0.39 is 12.0 Å². The number of halogens is 1. The number of esters is 1. The maximum atomic E-state index is 12.8. The van der Waals surface area contributed by atoms with Crippen molar-refractivity contribution in [2.45, 2.75) is 12.5 Å². The van der Waals surface area contributed by atoms with Crippen LogP contribution in [0.3, 0.4) is 0 Å². The average molecular weight is 470 g/mol. The number of hydrogen-bond acceptors (Lipinski definition) is 6. The van der Waals surface area contributed by atoms with Crippen LogP contribution in [0.5, 0.6) is 0 Å². The number of rotatable bonds is 6. The van der Waals surface area contributed by atoms with Crippen molar-refractivity contribution in [1.29, 1.82) is 0 Å². The van der Waals surface area contributed by atoms with Gasteiger partial charge in [-0.25, -0.2) is 4.79 Å². The molecule has 172 valence electrons. The van der Waals surface area contributed by atoms with Crippen LogP contribution in [0.25, 0.3) is 0 Å². The number of ether oxygens (including phenoxy) is 1. The molecular formula is C24H24ClN3O5. The zero-order valence-corrected chi connectivity index (χ0v) is 19.0. The highest BCUT2D eigenvalue weighted by Crippen LogP contribution is 2.29. The molecule has 1 atom stereocenters. The van der Waals surface area contributed by atoms with E-state index in [1.165, 1.54) is 7.11 Å². The van der Waals surface area contributed by atoms with Crippen molar-refractivity contribution in [3.8, 4) is 0 Å². The lowest BCUT2D eigenvalue weighted by atomic mass is 10.0. The standard InChI is InChI=1S/C24H24ClN3O5/c1-33-24(32)21(18-8-4-5-9-19(18)25)27-14-12-26(13-15-27)20(29)10-11-28-22(30)16-6-2-3-7-17(16)23(28)31/h2-9,21H,10-15H2,1H3/t21-/m1/s1. The number of carbonyl (C=O) groups excluding carboxylic acids is 4. The van der Waals surface area contributed by atoms with Crippen molar-refractivity contribution in [1.82, 2.24) is 14.7 Å². The number of nitrogens with zero attached hydrogens (tertiary/aromatic N) is 3. The summed E-state index contributed by atoms with van der Waals surface area (Å²) in [6, 6.07) is 13.1. The molecule has 0 spiro atoms. The van der Waals surface area contributed by atoms with Crippen molar-refractivity contribution in [2.75, 3.05) is 39.8 Å². The van der Waals surface area contributed by atoms with Crippen molar-refractivity contribution in [3.05, 3.63) is 70.2 Å². The van der Waals surface area contributed by atoms with Crippen LogP contribution in [0.2, 0.25) is 5.02 Å². The summed E-state index contributed by atoms with van der Waals surface area (Å²) in [5.74, 6) is -1.28. The van der Waals surface area contributed by atoms with Crippen LogP contribution in [0.15, 0.2) is 48.5 Å². The van der Waals surface area contributed by atoms with E-state index in [2.05, 4.69) is 0 Å². The highest BCUT2D eigenvalue weighted by atomic mass is 35.5. The molecule has 2 aliphatic rings. The number of piperazine rings is 1. The Bertz CT molecular complexity index is 1060. The topological polar surface area (TPSA) is 87.2 Å². The van der Waals surface area contributed by atoms with E-state index in [1.807, 2.05) is 11.0 Å². The Morgan fingerprint density at radius 2 is 1.52 bits per heavy atom. The minimum Gasteiger partial charge on any atom is -0.468 e. The van der Waals surface area contributed by atoms with Gasteiger partial charge in [-0.1, -0.05) is 41.9 Å². The summed E-state index contributed by atoms with van der Waals surface area (Å²) in [4.78, 5) is 55.0. The molecule has 0 radical (unpaired) electrons. The Hall–Kier alpha value is -3.23. The average Bonchev–Trinajstić information content (AvgIpc) is 3.08. The van der Waals surface area contributed by atoms with Crippen molar-refractivity contribution in [3.63, 3.8) is 0 Å². The maximum Gasteiger partial charge on any atom is 0.327 e. The van der Waals surface area contributed by atoms with Gasteiger partial charge in [-0.3, -0.25) is 24.2 Å². The quantitative estimate of drug-likeness (QED) is 0.477. The molecule has 0 aliphatic carbocycles. The van der Waals surface area contributed by atoms with Gasteiger partial charge in [-0.05, 0) is 23.8 Å². The molecule has 1 fully saturated rings. The number of carbonyl (C=O) groups is 4. The Kier molecular flexibility index (Phi) is 6.76. The van der Waals surface area contributed by atoms with Gasteiger partial charge in [0, 0.05) is 44.2 Å². The van der Waals surface area contributed by atoms with Gasteiger partial charge in [-0.2, -0.15) is 0 Å². The van der Waals surface area contributed by atoms with E-state index in [-0.39, 0.29) is 30.7 Å². The summed E-state index contributed by atoms with van der Waals surface area (Å²) in [6.45, 7) is 1.79. The summed E-state index contributed by atoms with van der Waals surface area (Å²) >= 11 is 6.32. The number of amides is 3. The molecule has 9 heteroatoms. The first-order valence-electron chi connectivity index (χ1n) is 10.7. The molecule has 0 bridgehead atoms. The predicted molar refractivity (Wildman–Crippen MR) is 121 cm³/mol. The van der Waals surface area contributed by atoms with Crippen LogP contribution in [0.4, 0.5) is 0 Å². The lowest BCUT2D eigenvalue weighted by molar-refractivity contribution is -0.148. The highest BCUT2D eigenvalue weighted by molar-refractivity contribution is 6.31. The van der Waals surface area contributed by atoms with E-state index in [9.17, 15) is 19.2 Å². The first-order valence-corrected chi connectivity index (χ1v) is 11.1. The van der Waals surface area contributed by atoms with E-state index >= 15 is 0 Å². The van der Waals surface area contributed by atoms with Crippen LogP contribution in [0.1, 0.15) is 38.7 Å². The molecule has 1 saturated heterocycles. The zero-order chi connectivity index (χ0) is 23.5. The highest BCUT2D eigenvalue weighted by Gasteiger charge is 2.36. The molecule has 0 aromatic heterocycles. The zero-order valence-electron chi connectivity index (χ0n) is 18.2. The summed E-state index contributed by atoms with van der Waals surface area (Å²) in [7, 11) is 1.34. The fourth-order valence-corrected chi connectivity index (χ4v) is 4.56. The van der Waals surface area contributed by atoms with Crippen molar-refractivity contribution >= 4 is 35.3 Å². The first-order chi connectivity index (χ1) is 15.9. The minimum absolute atomic E-state index is 0.0375. The predicted octanol–water partition coefficient (Wildman–Crippen LogP) is 2.38. The molecule has 3 amide bonds. The van der Waals surface area contributed by atoms with Crippen LogP contribution in [-0.2, 0) is 14.3 Å². The Labute approximate surface area is 196 Å². The van der Waals surface area contributed by atoms with Crippen molar-refractivity contribution in [2.24, 2.45) is 0 Å². The van der Waals surface area contributed by atoms with Gasteiger partial charge in [0.1, 0.15) is 6.04 Å². The smallest absolute Gasteiger partial charge is 0.327 e. The normalized spacial score (nSPS) is 17.2. The monoisotopic (exact) mass is 469 g/mol. The fraction of sp³-hybridized carbons (Fsp3) is 0.333. The van der Waals surface area contributed by atoms with E-state index in [0.717, 1.165) is 4.90 Å². The van der Waals surface area contributed by atoms with Gasteiger partial charge >= 0.3 is 5.97 Å². The summed E-state index contributed by atoms with van der Waals surface area (Å²) < 4.78 is 5.00. The lowest BCUT2D eigenvalue weighted by Gasteiger charge is -2.38. The third kappa shape index (κ3) is 4.49. The summed E-state index contributed by atoms with van der Waals surface area (Å²) in [6.07, 6.45) is 0.0520. The fourth-order valence-electron chi connectivity index (χ4n) is 4.32. The molecule has 0 saturated carbocycles. The minimum atomic E-state index is -0.653.